The van der Waals surface area contributed by atoms with Gasteiger partial charge in [-0.1, -0.05) is 77.8 Å². The van der Waals surface area contributed by atoms with E-state index in [0.717, 1.165) is 74.5 Å². The van der Waals surface area contributed by atoms with Crippen molar-refractivity contribution in [3.05, 3.63) is 70.8 Å². The van der Waals surface area contributed by atoms with Gasteiger partial charge in [0.1, 0.15) is 23.4 Å². The van der Waals surface area contributed by atoms with Crippen LogP contribution >= 0.6 is 0 Å². The van der Waals surface area contributed by atoms with E-state index >= 15 is 0 Å². The van der Waals surface area contributed by atoms with Crippen molar-refractivity contribution in [2.75, 3.05) is 0 Å². The Hall–Kier alpha value is -2.96. The van der Waals surface area contributed by atoms with Gasteiger partial charge >= 0.3 is 0 Å². The number of hydrogen-bond donors (Lipinski definition) is 3. The van der Waals surface area contributed by atoms with Crippen LogP contribution in [0.5, 0.6) is 11.5 Å². The molecule has 0 amide bonds. The van der Waals surface area contributed by atoms with Gasteiger partial charge in [-0.25, -0.2) is 0 Å². The van der Waals surface area contributed by atoms with Gasteiger partial charge in [0.05, 0.1) is 17.1 Å². The van der Waals surface area contributed by atoms with E-state index in [1.165, 1.54) is 5.57 Å². The molecule has 13 atom stereocenters. The fourth-order valence-corrected chi connectivity index (χ4v) is 16.0. The maximum Gasteiger partial charge on any atom is 0.159 e. The number of ether oxygens (including phenoxy) is 1. The van der Waals surface area contributed by atoms with Gasteiger partial charge in [-0.05, 0) is 152 Å². The number of carbonyl (C=O) groups is 2. The van der Waals surface area contributed by atoms with E-state index in [9.17, 15) is 24.9 Å². The van der Waals surface area contributed by atoms with E-state index in [1.54, 1.807) is 12.1 Å². The number of phenolic OH excluding ortho intramolecular Hbond substituents is 2. The Morgan fingerprint density at radius 2 is 1.63 bits per heavy atom. The van der Waals surface area contributed by atoms with Crippen molar-refractivity contribution in [2.45, 2.75) is 148 Å². The van der Waals surface area contributed by atoms with E-state index in [0.29, 0.717) is 42.1 Å². The highest BCUT2D eigenvalue weighted by Crippen LogP contribution is 2.78. The summed E-state index contributed by atoms with van der Waals surface area (Å²) in [5, 5.41) is 32.6. The van der Waals surface area contributed by atoms with Gasteiger partial charge in [-0.2, -0.15) is 0 Å². The molecular weight excluding hydrogens is 673 g/mol. The summed E-state index contributed by atoms with van der Waals surface area (Å²) < 4.78 is 6.44. The zero-order valence-corrected chi connectivity index (χ0v) is 33.6. The Morgan fingerprint density at radius 3 is 2.35 bits per heavy atom. The van der Waals surface area contributed by atoms with Gasteiger partial charge in [-0.15, -0.1) is 0 Å². The molecule has 3 N–H and O–H groups in total. The Balaban J connectivity index is 0.998. The molecule has 4 bridgehead atoms. The Labute approximate surface area is 322 Å². The molecule has 1 saturated heterocycles. The van der Waals surface area contributed by atoms with Crippen LogP contribution in [0.25, 0.3) is 0 Å². The van der Waals surface area contributed by atoms with E-state index in [2.05, 4.69) is 60.6 Å². The normalized spacial score (nSPS) is 44.4. The molecule has 6 saturated carbocycles. The molecule has 10 rings (SSSR count). The van der Waals surface area contributed by atoms with Crippen LogP contribution in [0.2, 0.25) is 0 Å². The number of epoxide rings is 1. The highest BCUT2D eigenvalue weighted by atomic mass is 16.6. The number of fused-ring (bicyclic) bond motifs is 5. The molecule has 7 fully saturated rings. The number of phenols is 2. The fraction of sp³-hybridized carbons (Fsp3) is 0.667. The van der Waals surface area contributed by atoms with Crippen molar-refractivity contribution in [3.8, 4) is 11.5 Å². The zero-order chi connectivity index (χ0) is 38.4. The molecule has 6 heteroatoms. The molecule has 8 aliphatic rings. The van der Waals surface area contributed by atoms with E-state index in [4.69, 9.17) is 4.74 Å². The van der Waals surface area contributed by atoms with Crippen LogP contribution in [0.1, 0.15) is 136 Å². The molecule has 54 heavy (non-hydrogen) atoms. The number of benzene rings is 2. The average Bonchev–Trinajstić information content (AvgIpc) is 3.46. The van der Waals surface area contributed by atoms with Crippen molar-refractivity contribution in [1.29, 1.82) is 0 Å². The number of aromatic hydroxyl groups is 2. The molecule has 2 aromatic carbocycles. The predicted octanol–water partition coefficient (Wildman–Crippen LogP) is 9.59. The van der Waals surface area contributed by atoms with E-state index in [-0.39, 0.29) is 51.6 Å². The summed E-state index contributed by atoms with van der Waals surface area (Å²) >= 11 is 0. The standard InChI is InChI=1S/C48H62O6/c1-27(21-36(51)41-47(7,54-41)34-16-10-15-33(34)28-11-8-13-31(49)22-28)39-35-17-18-38-44(4)26-48(30-12-9-14-32(50)23-30)20-19-29(40(44)43(2,3)42(48)53)24-46(38,6)45(35,5)25-37(39)52/h8-9,11-14,22-23,27,29,33-34,36,38,40-41,49-51H,10,15-21,24-26H2,1-7H3/t27-,29-,33+,34-,36-,38-,40+,41-,44+,45+,46+,47-,48+/m1/s1. The molecule has 7 aliphatic carbocycles. The minimum Gasteiger partial charge on any atom is -0.508 e. The first kappa shape index (κ1) is 36.7. The summed E-state index contributed by atoms with van der Waals surface area (Å²) in [7, 11) is 0. The highest BCUT2D eigenvalue weighted by Gasteiger charge is 2.74. The van der Waals surface area contributed by atoms with Gasteiger partial charge in [0.15, 0.2) is 5.78 Å². The van der Waals surface area contributed by atoms with Crippen molar-refractivity contribution >= 4 is 11.6 Å². The third kappa shape index (κ3) is 4.77. The number of ketones is 2. The van der Waals surface area contributed by atoms with Crippen LogP contribution in [0, 0.1) is 51.2 Å². The van der Waals surface area contributed by atoms with E-state index in [1.807, 2.05) is 24.3 Å². The molecule has 1 heterocycles. The second-order valence-corrected chi connectivity index (χ2v) is 20.8. The minimum atomic E-state index is -0.657. The lowest BCUT2D eigenvalue weighted by atomic mass is 9.33. The summed E-state index contributed by atoms with van der Waals surface area (Å²) in [4.78, 5) is 29.2. The molecule has 0 radical (unpaired) electrons. The number of aliphatic hydroxyl groups is 1. The first-order chi connectivity index (χ1) is 25.4. The Morgan fingerprint density at radius 1 is 0.907 bits per heavy atom. The number of hydrogen-bond acceptors (Lipinski definition) is 6. The van der Waals surface area contributed by atoms with E-state index < -0.39 is 22.5 Å². The minimum absolute atomic E-state index is 0.0635. The van der Waals surface area contributed by atoms with Crippen molar-refractivity contribution < 1.29 is 29.6 Å². The fourth-order valence-electron chi connectivity index (χ4n) is 16.0. The van der Waals surface area contributed by atoms with Gasteiger partial charge in [-0.3, -0.25) is 9.59 Å². The van der Waals surface area contributed by atoms with Crippen LogP contribution in [0.15, 0.2) is 59.7 Å². The van der Waals surface area contributed by atoms with Crippen molar-refractivity contribution in [2.24, 2.45) is 51.2 Å². The number of carbonyl (C=O) groups excluding carboxylic acids is 2. The average molecular weight is 735 g/mol. The van der Waals surface area contributed by atoms with Gasteiger partial charge in [0.25, 0.3) is 0 Å². The quantitative estimate of drug-likeness (QED) is 0.245. The van der Waals surface area contributed by atoms with Crippen molar-refractivity contribution in [1.82, 2.24) is 0 Å². The van der Waals surface area contributed by atoms with Crippen LogP contribution in [0.4, 0.5) is 0 Å². The lowest BCUT2D eigenvalue weighted by Gasteiger charge is -2.70. The van der Waals surface area contributed by atoms with Crippen LogP contribution in [-0.2, 0) is 19.7 Å². The molecule has 1 aliphatic heterocycles. The molecule has 6 nitrogen and oxygen atoms in total. The molecule has 2 aromatic rings. The molecule has 0 aromatic heterocycles. The van der Waals surface area contributed by atoms with Crippen molar-refractivity contribution in [3.63, 3.8) is 0 Å². The third-order valence-electron chi connectivity index (χ3n) is 17.9. The number of rotatable bonds is 7. The van der Waals surface area contributed by atoms with Crippen LogP contribution < -0.4 is 0 Å². The molecule has 0 unspecified atom stereocenters. The maximum absolute atomic E-state index is 14.8. The first-order valence-corrected chi connectivity index (χ1v) is 21.2. The monoisotopic (exact) mass is 734 g/mol. The highest BCUT2D eigenvalue weighted by molar-refractivity contribution is 6.01. The Kier molecular flexibility index (Phi) is 8.00. The lowest BCUT2D eigenvalue weighted by molar-refractivity contribution is -0.201. The summed E-state index contributed by atoms with van der Waals surface area (Å²) in [6, 6.07) is 15.2. The maximum atomic E-state index is 14.8. The topological polar surface area (TPSA) is 107 Å². The van der Waals surface area contributed by atoms with Gasteiger partial charge in [0.2, 0.25) is 0 Å². The zero-order valence-electron chi connectivity index (χ0n) is 33.6. The second kappa shape index (κ2) is 11.8. The third-order valence-corrected chi connectivity index (χ3v) is 17.9. The van der Waals surface area contributed by atoms with Gasteiger partial charge in [0, 0.05) is 17.3 Å². The largest absolute Gasteiger partial charge is 0.508 e. The van der Waals surface area contributed by atoms with Crippen LogP contribution in [0.3, 0.4) is 0 Å². The predicted molar refractivity (Wildman–Crippen MR) is 209 cm³/mol. The van der Waals surface area contributed by atoms with Crippen LogP contribution in [-0.4, -0.2) is 44.7 Å². The SMILES string of the molecule is C[C@H](C[C@@H](O)[C@H]1O[C@]1(C)[C@@H]1CCC[C@H]1c1cccc(O)c1)C1=C2CC[C@@H]3[C@]4(C)C[C@]5(c6cccc(O)c6)CC[C@H](C[C@]3(C)[C@@]2(C)CC1=O)[C@H]4C(C)(C)C5=O. The number of aliphatic hydroxyl groups excluding tert-OH is 1. The first-order valence-electron chi connectivity index (χ1n) is 21.2. The number of allylic oxidation sites excluding steroid dienone is 2. The second-order valence-electron chi connectivity index (χ2n) is 20.8. The molecular formula is C48H62O6. The summed E-state index contributed by atoms with van der Waals surface area (Å²) in [6.07, 6.45) is 8.87. The summed E-state index contributed by atoms with van der Waals surface area (Å²) in [5.74, 6) is 2.67. The summed E-state index contributed by atoms with van der Waals surface area (Å²) in [5.41, 5.74) is 2.47. The summed E-state index contributed by atoms with van der Waals surface area (Å²) in [6.45, 7) is 16.1. The Bertz CT molecular complexity index is 1950. The molecule has 290 valence electrons. The lowest BCUT2D eigenvalue weighted by Crippen LogP contribution is -2.67. The number of Topliss-reactive ketones (excluding diaryl/α,β-unsaturated/α-hetero) is 2. The smallest absolute Gasteiger partial charge is 0.159 e. The van der Waals surface area contributed by atoms with Gasteiger partial charge < -0.3 is 20.1 Å². The molecule has 0 spiro atoms.